The molecule has 0 fully saturated rings. The smallest absolute Gasteiger partial charge is 0.150 e. The Labute approximate surface area is 80.2 Å². The van der Waals surface area contributed by atoms with E-state index in [1.807, 2.05) is 6.07 Å². The molecule has 68 valence electrons. The van der Waals surface area contributed by atoms with Crippen LogP contribution in [0.1, 0.15) is 15.9 Å². The van der Waals surface area contributed by atoms with Crippen LogP contribution in [0.3, 0.4) is 0 Å². The molecule has 0 spiro atoms. The average molecular weight is 185 g/mol. The Hall–Kier alpha value is -2.15. The largest absolute Gasteiger partial charge is 0.345 e. The van der Waals surface area contributed by atoms with Gasteiger partial charge in [0.1, 0.15) is 6.29 Å². The van der Waals surface area contributed by atoms with E-state index in [-0.39, 0.29) is 6.42 Å². The Kier molecular flexibility index (Phi) is 1.99. The number of fused-ring (bicyclic) bond motifs is 1. The monoisotopic (exact) mass is 185 g/mol. The quantitative estimate of drug-likeness (QED) is 0.719. The lowest BCUT2D eigenvalue weighted by Crippen LogP contribution is -1.92. The number of aromatic nitrogens is 2. The first-order chi connectivity index (χ1) is 6.86. The summed E-state index contributed by atoms with van der Waals surface area (Å²) in [4.78, 5) is 17.7. The first-order valence-corrected chi connectivity index (χ1v) is 4.14. The SMILES string of the molecule is N#CCc1c(C=O)ccc2[nH]cnc12. The molecule has 0 radical (unpaired) electrons. The lowest BCUT2D eigenvalue weighted by Gasteiger charge is -2.00. The summed E-state index contributed by atoms with van der Waals surface area (Å²) in [6.45, 7) is 0. The van der Waals surface area contributed by atoms with Gasteiger partial charge in [-0.2, -0.15) is 5.26 Å². The molecule has 0 aliphatic rings. The minimum Gasteiger partial charge on any atom is -0.345 e. The maximum absolute atomic E-state index is 10.7. The number of imidazole rings is 1. The van der Waals surface area contributed by atoms with Gasteiger partial charge >= 0.3 is 0 Å². The zero-order valence-electron chi connectivity index (χ0n) is 7.32. The summed E-state index contributed by atoms with van der Waals surface area (Å²) in [6, 6.07) is 5.51. The van der Waals surface area contributed by atoms with Crippen LogP contribution in [0.4, 0.5) is 0 Å². The number of aromatic amines is 1. The summed E-state index contributed by atoms with van der Waals surface area (Å²) in [7, 11) is 0. The van der Waals surface area contributed by atoms with Crippen LogP contribution in [0.15, 0.2) is 18.5 Å². The second kappa shape index (κ2) is 3.30. The molecule has 1 aromatic heterocycles. The third-order valence-corrected chi connectivity index (χ3v) is 2.12. The van der Waals surface area contributed by atoms with Crippen LogP contribution in [0, 0.1) is 11.3 Å². The molecule has 14 heavy (non-hydrogen) atoms. The third kappa shape index (κ3) is 1.15. The molecule has 0 bridgehead atoms. The Bertz CT molecular complexity index is 522. The van der Waals surface area contributed by atoms with E-state index >= 15 is 0 Å². The van der Waals surface area contributed by atoms with E-state index in [2.05, 4.69) is 9.97 Å². The van der Waals surface area contributed by atoms with E-state index in [0.717, 1.165) is 11.8 Å². The second-order valence-corrected chi connectivity index (χ2v) is 2.88. The van der Waals surface area contributed by atoms with Crippen LogP contribution < -0.4 is 0 Å². The number of rotatable bonds is 2. The lowest BCUT2D eigenvalue weighted by atomic mass is 10.0. The minimum absolute atomic E-state index is 0.205. The lowest BCUT2D eigenvalue weighted by molar-refractivity contribution is 0.112. The van der Waals surface area contributed by atoms with Crippen LogP contribution in [-0.4, -0.2) is 16.3 Å². The minimum atomic E-state index is 0.205. The van der Waals surface area contributed by atoms with Crippen molar-refractivity contribution in [3.8, 4) is 6.07 Å². The third-order valence-electron chi connectivity index (χ3n) is 2.12. The number of nitrogens with zero attached hydrogens (tertiary/aromatic N) is 2. The number of hydrogen-bond donors (Lipinski definition) is 1. The number of carbonyl (C=O) groups excluding carboxylic acids is 1. The van der Waals surface area contributed by atoms with Crippen molar-refractivity contribution in [3.63, 3.8) is 0 Å². The molecule has 2 rings (SSSR count). The van der Waals surface area contributed by atoms with Crippen molar-refractivity contribution < 1.29 is 4.79 Å². The van der Waals surface area contributed by atoms with Gasteiger partial charge in [0.05, 0.1) is 29.9 Å². The summed E-state index contributed by atoms with van der Waals surface area (Å²) >= 11 is 0. The molecule has 0 aliphatic carbocycles. The van der Waals surface area contributed by atoms with Crippen molar-refractivity contribution in [1.82, 2.24) is 9.97 Å². The average Bonchev–Trinajstić information content (AvgIpc) is 2.67. The zero-order valence-corrected chi connectivity index (χ0v) is 7.32. The van der Waals surface area contributed by atoms with Gasteiger partial charge in [-0.15, -0.1) is 0 Å². The first kappa shape index (κ1) is 8.45. The normalized spacial score (nSPS) is 9.93. The van der Waals surface area contributed by atoms with E-state index in [9.17, 15) is 4.79 Å². The standard InChI is InChI=1S/C10H7N3O/c11-4-3-8-7(5-14)1-2-9-10(8)13-6-12-9/h1-2,5-6H,3H2,(H,12,13). The van der Waals surface area contributed by atoms with Crippen molar-refractivity contribution in [2.45, 2.75) is 6.42 Å². The molecule has 0 aliphatic heterocycles. The van der Waals surface area contributed by atoms with Gasteiger partial charge in [-0.1, -0.05) is 0 Å². The van der Waals surface area contributed by atoms with Gasteiger partial charge in [0.15, 0.2) is 0 Å². The molecule has 4 heteroatoms. The summed E-state index contributed by atoms with van der Waals surface area (Å²) in [5.41, 5.74) is 2.78. The first-order valence-electron chi connectivity index (χ1n) is 4.14. The molecule has 1 heterocycles. The van der Waals surface area contributed by atoms with Crippen molar-refractivity contribution in [1.29, 1.82) is 5.26 Å². The Morgan fingerprint density at radius 1 is 1.57 bits per heavy atom. The van der Waals surface area contributed by atoms with E-state index in [1.54, 1.807) is 18.5 Å². The van der Waals surface area contributed by atoms with Crippen LogP contribution in [-0.2, 0) is 6.42 Å². The molecule has 1 N–H and O–H groups in total. The molecule has 2 aromatic rings. The molecule has 1 aromatic carbocycles. The van der Waals surface area contributed by atoms with Crippen LogP contribution in [0.5, 0.6) is 0 Å². The Morgan fingerprint density at radius 3 is 3.14 bits per heavy atom. The number of nitriles is 1. The van der Waals surface area contributed by atoms with E-state index in [1.165, 1.54) is 0 Å². The van der Waals surface area contributed by atoms with Crippen LogP contribution >= 0.6 is 0 Å². The fourth-order valence-corrected chi connectivity index (χ4v) is 1.46. The van der Waals surface area contributed by atoms with Gasteiger partial charge in [0.25, 0.3) is 0 Å². The van der Waals surface area contributed by atoms with Crippen molar-refractivity contribution >= 4 is 17.3 Å². The molecule has 0 saturated heterocycles. The number of nitrogens with one attached hydrogen (secondary N) is 1. The van der Waals surface area contributed by atoms with Crippen LogP contribution in [0.25, 0.3) is 11.0 Å². The maximum atomic E-state index is 10.7. The Balaban J connectivity index is 2.76. The van der Waals surface area contributed by atoms with Crippen molar-refractivity contribution in [2.75, 3.05) is 0 Å². The highest BCUT2D eigenvalue weighted by Gasteiger charge is 2.08. The number of hydrogen-bond acceptors (Lipinski definition) is 3. The number of carbonyl (C=O) groups is 1. The molecule has 4 nitrogen and oxygen atoms in total. The van der Waals surface area contributed by atoms with Crippen molar-refractivity contribution in [3.05, 3.63) is 29.6 Å². The molecule has 0 saturated carbocycles. The molecule has 0 amide bonds. The van der Waals surface area contributed by atoms with Gasteiger partial charge in [0.2, 0.25) is 0 Å². The maximum Gasteiger partial charge on any atom is 0.150 e. The van der Waals surface area contributed by atoms with Gasteiger partial charge in [-0.05, 0) is 12.1 Å². The van der Waals surface area contributed by atoms with E-state index < -0.39 is 0 Å². The summed E-state index contributed by atoms with van der Waals surface area (Å²) < 4.78 is 0. The van der Waals surface area contributed by atoms with E-state index in [0.29, 0.717) is 16.6 Å². The fourth-order valence-electron chi connectivity index (χ4n) is 1.46. The zero-order chi connectivity index (χ0) is 9.97. The molecular formula is C10H7N3O. The van der Waals surface area contributed by atoms with Gasteiger partial charge in [-0.3, -0.25) is 4.79 Å². The molecular weight excluding hydrogens is 178 g/mol. The molecule has 0 atom stereocenters. The Morgan fingerprint density at radius 2 is 2.43 bits per heavy atom. The summed E-state index contributed by atoms with van der Waals surface area (Å²) in [5.74, 6) is 0. The highest BCUT2D eigenvalue weighted by atomic mass is 16.1. The highest BCUT2D eigenvalue weighted by molar-refractivity contribution is 5.89. The number of benzene rings is 1. The van der Waals surface area contributed by atoms with Crippen LogP contribution in [0.2, 0.25) is 0 Å². The predicted molar refractivity (Wildman–Crippen MR) is 50.8 cm³/mol. The summed E-state index contributed by atoms with van der Waals surface area (Å²) in [5, 5.41) is 8.63. The van der Waals surface area contributed by atoms with Gasteiger partial charge < -0.3 is 4.98 Å². The predicted octanol–water partition coefficient (Wildman–Crippen LogP) is 1.44. The number of H-pyrrole nitrogens is 1. The highest BCUT2D eigenvalue weighted by Crippen LogP contribution is 2.18. The second-order valence-electron chi connectivity index (χ2n) is 2.88. The topological polar surface area (TPSA) is 69.5 Å². The van der Waals surface area contributed by atoms with Gasteiger partial charge in [0, 0.05) is 11.1 Å². The number of aldehydes is 1. The van der Waals surface area contributed by atoms with Crippen molar-refractivity contribution in [2.24, 2.45) is 0 Å². The fraction of sp³-hybridized carbons (Fsp3) is 0.100. The van der Waals surface area contributed by atoms with Gasteiger partial charge in [-0.25, -0.2) is 4.98 Å². The van der Waals surface area contributed by atoms with E-state index in [4.69, 9.17) is 5.26 Å². The molecule has 0 unspecified atom stereocenters. The summed E-state index contributed by atoms with van der Waals surface area (Å²) in [6.07, 6.45) is 2.51.